The zero-order valence-electron chi connectivity index (χ0n) is 32.2. The molecule has 278 valence electrons. The van der Waals surface area contributed by atoms with E-state index in [-0.39, 0.29) is 0 Å². The molecule has 1 aromatic heterocycles. The van der Waals surface area contributed by atoms with E-state index < -0.39 is 0 Å². The standard InChI is InChI=1S/C56H38N2O/c1-4-14-39(15-5-1)40-26-33-48(34-27-40)58(52-38-44-17-11-13-23-51(44)55-54-50-22-12-10-16-43(50)30-37-53(54)59-56(52)55)49-35-28-42(29-36-49)41-24-31-47(32-25-41)57(45-18-6-2-7-19-45)46-20-8-3-9-21-46/h1-38H. The van der Waals surface area contributed by atoms with E-state index in [1.165, 1.54) is 27.3 Å². The van der Waals surface area contributed by atoms with Crippen LogP contribution in [-0.2, 0) is 0 Å². The van der Waals surface area contributed by atoms with Gasteiger partial charge in [0.15, 0.2) is 5.58 Å². The first-order valence-corrected chi connectivity index (χ1v) is 20.1. The van der Waals surface area contributed by atoms with Crippen LogP contribution in [0.15, 0.2) is 235 Å². The Morgan fingerprint density at radius 1 is 0.288 bits per heavy atom. The Balaban J connectivity index is 1.04. The molecule has 0 aliphatic carbocycles. The number of rotatable bonds is 8. The van der Waals surface area contributed by atoms with Crippen molar-refractivity contribution in [2.45, 2.75) is 0 Å². The number of anilines is 6. The van der Waals surface area contributed by atoms with E-state index in [0.29, 0.717) is 0 Å². The van der Waals surface area contributed by atoms with Gasteiger partial charge in [0.1, 0.15) is 5.58 Å². The van der Waals surface area contributed by atoms with E-state index in [1.54, 1.807) is 0 Å². The highest BCUT2D eigenvalue weighted by molar-refractivity contribution is 6.29. The molecular formula is C56H38N2O. The van der Waals surface area contributed by atoms with Crippen LogP contribution in [0.2, 0.25) is 0 Å². The summed E-state index contributed by atoms with van der Waals surface area (Å²) in [7, 11) is 0. The predicted molar refractivity (Wildman–Crippen MR) is 249 cm³/mol. The molecule has 0 atom stereocenters. The summed E-state index contributed by atoms with van der Waals surface area (Å²) in [6.45, 7) is 0. The Kier molecular flexibility index (Phi) is 8.49. The first-order chi connectivity index (χ1) is 29.3. The maximum absolute atomic E-state index is 6.96. The number of furan rings is 1. The summed E-state index contributed by atoms with van der Waals surface area (Å²) in [6, 6.07) is 82.1. The molecule has 0 N–H and O–H groups in total. The van der Waals surface area contributed by atoms with E-state index in [9.17, 15) is 0 Å². The Bertz CT molecular complexity index is 3190. The lowest BCUT2D eigenvalue weighted by Crippen LogP contribution is -2.10. The van der Waals surface area contributed by atoms with Gasteiger partial charge in [-0.3, -0.25) is 0 Å². The number of fused-ring (bicyclic) bond motifs is 7. The summed E-state index contributed by atoms with van der Waals surface area (Å²) in [5.74, 6) is 0. The molecule has 1 heterocycles. The summed E-state index contributed by atoms with van der Waals surface area (Å²) in [6.07, 6.45) is 0. The molecule has 59 heavy (non-hydrogen) atoms. The second-order valence-electron chi connectivity index (χ2n) is 14.9. The van der Waals surface area contributed by atoms with Crippen LogP contribution in [0.5, 0.6) is 0 Å². The third-order valence-corrected chi connectivity index (χ3v) is 11.4. The van der Waals surface area contributed by atoms with Crippen LogP contribution in [0.25, 0.3) is 65.7 Å². The molecule has 0 aliphatic rings. The number of benzene rings is 10. The normalized spacial score (nSPS) is 11.4. The lowest BCUT2D eigenvalue weighted by molar-refractivity contribution is 0.669. The average molecular weight is 755 g/mol. The Morgan fingerprint density at radius 2 is 0.695 bits per heavy atom. The smallest absolute Gasteiger partial charge is 0.160 e. The fourth-order valence-corrected chi connectivity index (χ4v) is 8.60. The highest BCUT2D eigenvalue weighted by Crippen LogP contribution is 2.47. The van der Waals surface area contributed by atoms with Gasteiger partial charge in [-0.15, -0.1) is 0 Å². The third kappa shape index (κ3) is 6.17. The van der Waals surface area contributed by atoms with Crippen molar-refractivity contribution in [2.24, 2.45) is 0 Å². The Hall–Kier alpha value is -7.88. The van der Waals surface area contributed by atoms with Gasteiger partial charge in [-0.1, -0.05) is 158 Å². The van der Waals surface area contributed by atoms with Crippen molar-refractivity contribution in [2.75, 3.05) is 9.80 Å². The average Bonchev–Trinajstić information content (AvgIpc) is 3.72. The van der Waals surface area contributed by atoms with Crippen LogP contribution in [0.3, 0.4) is 0 Å². The monoisotopic (exact) mass is 754 g/mol. The van der Waals surface area contributed by atoms with Crippen LogP contribution in [0.4, 0.5) is 34.1 Å². The second kappa shape index (κ2) is 14.6. The topological polar surface area (TPSA) is 19.6 Å². The van der Waals surface area contributed by atoms with Crippen molar-refractivity contribution >= 4 is 77.6 Å². The number of hydrogen-bond acceptors (Lipinski definition) is 3. The molecule has 11 rings (SSSR count). The lowest BCUT2D eigenvalue weighted by Gasteiger charge is -2.27. The Labute approximate surface area is 343 Å². The molecule has 0 radical (unpaired) electrons. The van der Waals surface area contributed by atoms with Crippen LogP contribution < -0.4 is 9.80 Å². The molecule has 3 nitrogen and oxygen atoms in total. The minimum atomic E-state index is 0.864. The largest absolute Gasteiger partial charge is 0.454 e. The first kappa shape index (κ1) is 34.4. The van der Waals surface area contributed by atoms with Gasteiger partial charge in [-0.25, -0.2) is 0 Å². The maximum atomic E-state index is 6.96. The zero-order chi connectivity index (χ0) is 39.1. The van der Waals surface area contributed by atoms with Gasteiger partial charge in [-0.05, 0) is 117 Å². The van der Waals surface area contributed by atoms with Crippen LogP contribution >= 0.6 is 0 Å². The fraction of sp³-hybridized carbons (Fsp3) is 0. The molecule has 0 unspecified atom stereocenters. The molecular weight excluding hydrogens is 717 g/mol. The van der Waals surface area contributed by atoms with Crippen molar-refractivity contribution in [3.63, 3.8) is 0 Å². The zero-order valence-corrected chi connectivity index (χ0v) is 32.2. The maximum Gasteiger partial charge on any atom is 0.160 e. The molecule has 0 saturated heterocycles. The van der Waals surface area contributed by atoms with Gasteiger partial charge in [-0.2, -0.15) is 0 Å². The summed E-state index contributed by atoms with van der Waals surface area (Å²) in [4.78, 5) is 4.64. The molecule has 0 bridgehead atoms. The SMILES string of the molecule is c1ccc(-c2ccc(N(c3ccc(-c4ccc(N(c5ccccc5)c5ccccc5)cc4)cc3)c3cc4ccccc4c4c3oc3ccc5ccccc5c34)cc2)cc1. The molecule has 0 aliphatic heterocycles. The minimum absolute atomic E-state index is 0.864. The number of hydrogen-bond donors (Lipinski definition) is 0. The molecule has 3 heteroatoms. The molecule has 10 aromatic carbocycles. The van der Waals surface area contributed by atoms with Crippen molar-refractivity contribution in [1.29, 1.82) is 0 Å². The molecule has 0 spiro atoms. The quantitative estimate of drug-likeness (QED) is 0.154. The van der Waals surface area contributed by atoms with Crippen molar-refractivity contribution < 1.29 is 4.42 Å². The highest BCUT2D eigenvalue weighted by atomic mass is 16.3. The molecule has 0 fully saturated rings. The van der Waals surface area contributed by atoms with Gasteiger partial charge < -0.3 is 14.2 Å². The predicted octanol–water partition coefficient (Wildman–Crippen LogP) is 16.2. The number of nitrogens with zero attached hydrogens (tertiary/aromatic N) is 2. The van der Waals surface area contributed by atoms with E-state index in [0.717, 1.165) is 72.6 Å². The van der Waals surface area contributed by atoms with E-state index in [2.05, 4.69) is 240 Å². The fourth-order valence-electron chi connectivity index (χ4n) is 8.60. The van der Waals surface area contributed by atoms with Gasteiger partial charge in [0, 0.05) is 39.2 Å². The summed E-state index contributed by atoms with van der Waals surface area (Å²) < 4.78 is 6.96. The summed E-state index contributed by atoms with van der Waals surface area (Å²) >= 11 is 0. The van der Waals surface area contributed by atoms with Crippen LogP contribution in [0, 0.1) is 0 Å². The van der Waals surface area contributed by atoms with Crippen molar-refractivity contribution in [1.82, 2.24) is 0 Å². The van der Waals surface area contributed by atoms with E-state index in [1.807, 2.05) is 0 Å². The Morgan fingerprint density at radius 3 is 1.24 bits per heavy atom. The molecule has 0 saturated carbocycles. The van der Waals surface area contributed by atoms with Gasteiger partial charge in [0.2, 0.25) is 0 Å². The second-order valence-corrected chi connectivity index (χ2v) is 14.9. The lowest BCUT2D eigenvalue weighted by atomic mass is 9.98. The molecule has 11 aromatic rings. The van der Waals surface area contributed by atoms with E-state index in [4.69, 9.17) is 4.42 Å². The van der Waals surface area contributed by atoms with Crippen LogP contribution in [0.1, 0.15) is 0 Å². The third-order valence-electron chi connectivity index (χ3n) is 11.4. The highest BCUT2D eigenvalue weighted by Gasteiger charge is 2.23. The van der Waals surface area contributed by atoms with Crippen molar-refractivity contribution in [3.05, 3.63) is 231 Å². The summed E-state index contributed by atoms with van der Waals surface area (Å²) in [5, 5.41) is 7.00. The summed E-state index contributed by atoms with van der Waals surface area (Å²) in [5.41, 5.74) is 12.8. The number of para-hydroxylation sites is 2. The van der Waals surface area contributed by atoms with Gasteiger partial charge in [0.05, 0.1) is 5.69 Å². The molecule has 0 amide bonds. The first-order valence-electron chi connectivity index (χ1n) is 20.1. The van der Waals surface area contributed by atoms with Gasteiger partial charge >= 0.3 is 0 Å². The minimum Gasteiger partial charge on any atom is -0.454 e. The van der Waals surface area contributed by atoms with Gasteiger partial charge in [0.25, 0.3) is 0 Å². The van der Waals surface area contributed by atoms with Crippen molar-refractivity contribution in [3.8, 4) is 22.3 Å². The van der Waals surface area contributed by atoms with E-state index >= 15 is 0 Å². The van der Waals surface area contributed by atoms with Crippen LogP contribution in [-0.4, -0.2) is 0 Å².